The third kappa shape index (κ3) is 3.08. The standard InChI is InChI=1S/C12H21NO2/c1-9(13)7-10-8-12(2,15-4)6-5-11(10)14-3/h5,8-9H,6-7,13H2,1-4H3. The van der Waals surface area contributed by atoms with Crippen LogP contribution in [0.5, 0.6) is 0 Å². The predicted molar refractivity (Wildman–Crippen MR) is 61.5 cm³/mol. The summed E-state index contributed by atoms with van der Waals surface area (Å²) in [7, 11) is 3.42. The van der Waals surface area contributed by atoms with Gasteiger partial charge in [-0.2, -0.15) is 0 Å². The molecule has 0 saturated heterocycles. The van der Waals surface area contributed by atoms with Gasteiger partial charge in [0.2, 0.25) is 0 Å². The van der Waals surface area contributed by atoms with E-state index in [2.05, 4.69) is 19.1 Å². The first-order valence-corrected chi connectivity index (χ1v) is 5.28. The van der Waals surface area contributed by atoms with E-state index in [4.69, 9.17) is 15.2 Å². The number of ether oxygens (including phenoxy) is 2. The fourth-order valence-electron chi connectivity index (χ4n) is 1.79. The summed E-state index contributed by atoms with van der Waals surface area (Å²) in [4.78, 5) is 0. The molecule has 0 aromatic rings. The molecular formula is C12H21NO2. The summed E-state index contributed by atoms with van der Waals surface area (Å²) in [6.45, 7) is 4.06. The highest BCUT2D eigenvalue weighted by atomic mass is 16.5. The third-order valence-electron chi connectivity index (χ3n) is 2.72. The van der Waals surface area contributed by atoms with E-state index in [0.717, 1.165) is 24.2 Å². The second kappa shape index (κ2) is 4.81. The summed E-state index contributed by atoms with van der Waals surface area (Å²) < 4.78 is 10.8. The van der Waals surface area contributed by atoms with E-state index in [1.54, 1.807) is 14.2 Å². The molecule has 0 heterocycles. The lowest BCUT2D eigenvalue weighted by atomic mass is 9.89. The van der Waals surface area contributed by atoms with Crippen LogP contribution in [0.3, 0.4) is 0 Å². The molecule has 0 spiro atoms. The lowest BCUT2D eigenvalue weighted by molar-refractivity contribution is 0.0472. The Balaban J connectivity index is 2.87. The summed E-state index contributed by atoms with van der Waals surface area (Å²) in [5, 5.41) is 0. The molecule has 0 aromatic heterocycles. The highest BCUT2D eigenvalue weighted by molar-refractivity contribution is 5.34. The molecule has 0 amide bonds. The maximum atomic E-state index is 5.81. The van der Waals surface area contributed by atoms with E-state index >= 15 is 0 Å². The van der Waals surface area contributed by atoms with Gasteiger partial charge in [0, 0.05) is 19.6 Å². The molecule has 1 rings (SSSR count). The summed E-state index contributed by atoms with van der Waals surface area (Å²) in [6.07, 6.45) is 5.85. The van der Waals surface area contributed by atoms with Crippen molar-refractivity contribution in [3.05, 3.63) is 23.5 Å². The van der Waals surface area contributed by atoms with Gasteiger partial charge in [0.25, 0.3) is 0 Å². The molecule has 2 unspecified atom stereocenters. The van der Waals surface area contributed by atoms with Gasteiger partial charge in [0.15, 0.2) is 0 Å². The third-order valence-corrected chi connectivity index (χ3v) is 2.72. The molecule has 2 atom stereocenters. The molecule has 0 aromatic carbocycles. The van der Waals surface area contributed by atoms with Gasteiger partial charge in [-0.25, -0.2) is 0 Å². The molecule has 0 fully saturated rings. The van der Waals surface area contributed by atoms with Gasteiger partial charge in [0.1, 0.15) is 5.76 Å². The summed E-state index contributed by atoms with van der Waals surface area (Å²) in [5.74, 6) is 0.932. The van der Waals surface area contributed by atoms with Crippen LogP contribution in [0.25, 0.3) is 0 Å². The molecular weight excluding hydrogens is 190 g/mol. The zero-order valence-corrected chi connectivity index (χ0v) is 10.0. The van der Waals surface area contributed by atoms with Crippen molar-refractivity contribution in [3.8, 4) is 0 Å². The maximum absolute atomic E-state index is 5.81. The zero-order valence-electron chi connectivity index (χ0n) is 10.0. The molecule has 2 N–H and O–H groups in total. The highest BCUT2D eigenvalue weighted by Crippen LogP contribution is 2.30. The number of allylic oxidation sites excluding steroid dienone is 1. The van der Waals surface area contributed by atoms with Crippen molar-refractivity contribution in [2.75, 3.05) is 14.2 Å². The molecule has 0 bridgehead atoms. The Hall–Kier alpha value is -0.800. The van der Waals surface area contributed by atoms with E-state index in [-0.39, 0.29) is 11.6 Å². The Morgan fingerprint density at radius 2 is 2.20 bits per heavy atom. The van der Waals surface area contributed by atoms with Crippen LogP contribution in [0, 0.1) is 0 Å². The molecule has 3 heteroatoms. The molecule has 1 aliphatic carbocycles. The van der Waals surface area contributed by atoms with Crippen LogP contribution in [0.1, 0.15) is 26.7 Å². The van der Waals surface area contributed by atoms with E-state index in [1.165, 1.54) is 0 Å². The van der Waals surface area contributed by atoms with Crippen LogP contribution in [0.15, 0.2) is 23.5 Å². The van der Waals surface area contributed by atoms with Crippen molar-refractivity contribution in [1.82, 2.24) is 0 Å². The van der Waals surface area contributed by atoms with Gasteiger partial charge in [-0.3, -0.25) is 0 Å². The Morgan fingerprint density at radius 3 is 2.67 bits per heavy atom. The molecule has 86 valence electrons. The van der Waals surface area contributed by atoms with Gasteiger partial charge in [0.05, 0.1) is 12.7 Å². The van der Waals surface area contributed by atoms with Crippen LogP contribution in [0.4, 0.5) is 0 Å². The average molecular weight is 211 g/mol. The van der Waals surface area contributed by atoms with Gasteiger partial charge >= 0.3 is 0 Å². The van der Waals surface area contributed by atoms with E-state index in [0.29, 0.717) is 0 Å². The Kier molecular flexibility index (Phi) is 3.94. The number of methoxy groups -OCH3 is 2. The number of hydrogen-bond donors (Lipinski definition) is 1. The van der Waals surface area contributed by atoms with E-state index in [9.17, 15) is 0 Å². The largest absolute Gasteiger partial charge is 0.497 e. The minimum atomic E-state index is -0.216. The molecule has 15 heavy (non-hydrogen) atoms. The van der Waals surface area contributed by atoms with E-state index < -0.39 is 0 Å². The van der Waals surface area contributed by atoms with Crippen LogP contribution >= 0.6 is 0 Å². The van der Waals surface area contributed by atoms with Crippen molar-refractivity contribution in [2.24, 2.45) is 5.73 Å². The van der Waals surface area contributed by atoms with Crippen LogP contribution in [-0.2, 0) is 9.47 Å². The molecule has 3 nitrogen and oxygen atoms in total. The lowest BCUT2D eigenvalue weighted by Gasteiger charge is -2.29. The quantitative estimate of drug-likeness (QED) is 0.773. The van der Waals surface area contributed by atoms with Crippen molar-refractivity contribution in [1.29, 1.82) is 0 Å². The Bertz CT molecular complexity index is 281. The Morgan fingerprint density at radius 1 is 1.53 bits per heavy atom. The van der Waals surface area contributed by atoms with Gasteiger partial charge in [-0.15, -0.1) is 0 Å². The van der Waals surface area contributed by atoms with E-state index in [1.807, 2.05) is 6.92 Å². The van der Waals surface area contributed by atoms with Crippen molar-refractivity contribution in [3.63, 3.8) is 0 Å². The first-order valence-electron chi connectivity index (χ1n) is 5.28. The summed E-state index contributed by atoms with van der Waals surface area (Å²) in [5.41, 5.74) is 6.73. The van der Waals surface area contributed by atoms with Crippen LogP contribution < -0.4 is 5.73 Å². The van der Waals surface area contributed by atoms with Gasteiger partial charge < -0.3 is 15.2 Å². The van der Waals surface area contributed by atoms with Crippen LogP contribution in [-0.4, -0.2) is 25.9 Å². The second-order valence-electron chi connectivity index (χ2n) is 4.34. The van der Waals surface area contributed by atoms with Gasteiger partial charge in [-0.1, -0.05) is 0 Å². The SMILES string of the molecule is COC1=CCC(C)(OC)C=C1CC(C)N. The van der Waals surface area contributed by atoms with Crippen molar-refractivity contribution < 1.29 is 9.47 Å². The van der Waals surface area contributed by atoms with Gasteiger partial charge in [-0.05, 0) is 38.0 Å². The summed E-state index contributed by atoms with van der Waals surface area (Å²) in [6, 6.07) is 0.133. The Labute approximate surface area is 91.9 Å². The topological polar surface area (TPSA) is 44.5 Å². The summed E-state index contributed by atoms with van der Waals surface area (Å²) >= 11 is 0. The first kappa shape index (κ1) is 12.3. The van der Waals surface area contributed by atoms with Crippen molar-refractivity contribution >= 4 is 0 Å². The predicted octanol–water partition coefficient (Wildman–Crippen LogP) is 1.99. The van der Waals surface area contributed by atoms with Crippen LogP contribution in [0.2, 0.25) is 0 Å². The van der Waals surface area contributed by atoms with Crippen molar-refractivity contribution in [2.45, 2.75) is 38.3 Å². The minimum Gasteiger partial charge on any atom is -0.497 e. The average Bonchev–Trinajstić information content (AvgIpc) is 2.17. The highest BCUT2D eigenvalue weighted by Gasteiger charge is 2.26. The molecule has 0 radical (unpaired) electrons. The number of hydrogen-bond acceptors (Lipinski definition) is 3. The molecule has 1 aliphatic rings. The lowest BCUT2D eigenvalue weighted by Crippen LogP contribution is -2.28. The number of nitrogens with two attached hydrogens (primary N) is 1. The number of rotatable bonds is 4. The first-order chi connectivity index (χ1) is 7.00. The zero-order chi connectivity index (χ0) is 11.5. The molecule has 0 aliphatic heterocycles. The second-order valence-corrected chi connectivity index (χ2v) is 4.34. The normalized spacial score (nSPS) is 28.1. The fraction of sp³-hybridized carbons (Fsp3) is 0.667. The monoisotopic (exact) mass is 211 g/mol. The minimum absolute atomic E-state index is 0.133. The smallest absolute Gasteiger partial charge is 0.118 e. The maximum Gasteiger partial charge on any atom is 0.118 e. The molecule has 0 saturated carbocycles. The fourth-order valence-corrected chi connectivity index (χ4v) is 1.79.